The van der Waals surface area contributed by atoms with Gasteiger partial charge >= 0.3 is 0 Å². The Morgan fingerprint density at radius 3 is 2.95 bits per heavy atom. The smallest absolute Gasteiger partial charge is 0.267 e. The van der Waals surface area contributed by atoms with E-state index in [0.29, 0.717) is 10.1 Å². The molecule has 1 aromatic carbocycles. The number of para-hydroxylation sites is 1. The predicted octanol–water partition coefficient (Wildman–Crippen LogP) is 2.81. The molecule has 2 aromatic heterocycles. The molecule has 96 valence electrons. The summed E-state index contributed by atoms with van der Waals surface area (Å²) in [5, 5.41) is 0.921. The number of aromatic nitrogens is 3. The second-order valence-corrected chi connectivity index (χ2v) is 6.35. The lowest BCUT2D eigenvalue weighted by atomic mass is 10.3. The Balaban J connectivity index is 2.01. The Bertz CT molecular complexity index is 776. The topological polar surface area (TPSA) is 47.8 Å². The molecule has 0 unspecified atom stereocenters. The number of hydrogen-bond acceptors (Lipinski definition) is 4. The molecule has 0 bridgehead atoms. The van der Waals surface area contributed by atoms with E-state index in [0.717, 1.165) is 20.9 Å². The zero-order chi connectivity index (χ0) is 13.4. The van der Waals surface area contributed by atoms with Crippen LogP contribution in [-0.2, 0) is 6.54 Å². The molecule has 0 saturated carbocycles. The van der Waals surface area contributed by atoms with E-state index in [-0.39, 0.29) is 5.56 Å². The first-order valence-electron chi connectivity index (χ1n) is 5.71. The number of benzene rings is 1. The summed E-state index contributed by atoms with van der Waals surface area (Å²) in [6.07, 6.45) is 1.59. The van der Waals surface area contributed by atoms with Crippen LogP contribution in [0.3, 0.4) is 0 Å². The van der Waals surface area contributed by atoms with E-state index in [4.69, 9.17) is 0 Å². The lowest BCUT2D eigenvalue weighted by Crippen LogP contribution is -2.24. The highest BCUT2D eigenvalue weighted by molar-refractivity contribution is 14.1. The fourth-order valence-electron chi connectivity index (χ4n) is 1.79. The first kappa shape index (κ1) is 12.7. The van der Waals surface area contributed by atoms with Crippen molar-refractivity contribution in [3.8, 4) is 0 Å². The highest BCUT2D eigenvalue weighted by Gasteiger charge is 2.08. The fourth-order valence-corrected chi connectivity index (χ4v) is 3.21. The molecule has 0 fully saturated rings. The third kappa shape index (κ3) is 2.42. The second kappa shape index (κ2) is 5.01. The minimum Gasteiger partial charge on any atom is -0.291 e. The third-order valence-corrected chi connectivity index (χ3v) is 5.06. The van der Waals surface area contributed by atoms with E-state index in [1.54, 1.807) is 22.2 Å². The van der Waals surface area contributed by atoms with Gasteiger partial charge in [-0.1, -0.05) is 12.1 Å². The molecule has 0 spiro atoms. The monoisotopic (exact) mass is 383 g/mol. The summed E-state index contributed by atoms with van der Waals surface area (Å²) in [6, 6.07) is 7.98. The molecular weight excluding hydrogens is 373 g/mol. The summed E-state index contributed by atoms with van der Waals surface area (Å²) in [5.74, 6) is 0. The predicted molar refractivity (Wildman–Crippen MR) is 84.7 cm³/mol. The molecule has 3 rings (SSSR count). The minimum absolute atomic E-state index is 0.00708. The standard InChI is InChI=1S/C13H10IN3OS/c1-8-12(14)13(18)17(7-15-8)6-11-16-9-4-2-3-5-10(9)19-11/h2-5,7H,6H2,1H3. The highest BCUT2D eigenvalue weighted by atomic mass is 127. The Morgan fingerprint density at radius 2 is 2.16 bits per heavy atom. The van der Waals surface area contributed by atoms with Crippen molar-refractivity contribution in [1.29, 1.82) is 0 Å². The van der Waals surface area contributed by atoms with Crippen molar-refractivity contribution in [2.75, 3.05) is 0 Å². The number of aryl methyl sites for hydroxylation is 1. The molecule has 0 saturated heterocycles. The van der Waals surface area contributed by atoms with Gasteiger partial charge in [-0.3, -0.25) is 9.36 Å². The van der Waals surface area contributed by atoms with Crippen molar-refractivity contribution < 1.29 is 0 Å². The maximum absolute atomic E-state index is 12.1. The van der Waals surface area contributed by atoms with Gasteiger partial charge in [0.05, 0.1) is 32.4 Å². The Kier molecular flexibility index (Phi) is 3.36. The number of nitrogens with zero attached hydrogens (tertiary/aromatic N) is 3. The SMILES string of the molecule is Cc1ncn(Cc2nc3ccccc3s2)c(=O)c1I. The van der Waals surface area contributed by atoms with E-state index in [1.807, 2.05) is 53.8 Å². The van der Waals surface area contributed by atoms with Gasteiger partial charge in [-0.25, -0.2) is 9.97 Å². The van der Waals surface area contributed by atoms with Gasteiger partial charge in [0.25, 0.3) is 5.56 Å². The van der Waals surface area contributed by atoms with Crippen LogP contribution < -0.4 is 5.56 Å². The molecule has 0 aliphatic rings. The lowest BCUT2D eigenvalue weighted by Gasteiger charge is -2.04. The quantitative estimate of drug-likeness (QED) is 0.640. The van der Waals surface area contributed by atoms with Crippen LogP contribution in [0.1, 0.15) is 10.7 Å². The third-order valence-electron chi connectivity index (χ3n) is 2.80. The van der Waals surface area contributed by atoms with Gasteiger partial charge < -0.3 is 0 Å². The molecule has 4 nitrogen and oxygen atoms in total. The Morgan fingerprint density at radius 1 is 1.37 bits per heavy atom. The Labute approximate surface area is 127 Å². The molecule has 0 aliphatic heterocycles. The van der Waals surface area contributed by atoms with Crippen LogP contribution in [0.5, 0.6) is 0 Å². The second-order valence-electron chi connectivity index (χ2n) is 4.15. The summed E-state index contributed by atoms with van der Waals surface area (Å²) < 4.78 is 3.41. The molecule has 19 heavy (non-hydrogen) atoms. The van der Waals surface area contributed by atoms with Crippen molar-refractivity contribution in [1.82, 2.24) is 14.5 Å². The Hall–Kier alpha value is -1.28. The van der Waals surface area contributed by atoms with E-state index >= 15 is 0 Å². The van der Waals surface area contributed by atoms with Crippen LogP contribution in [0, 0.1) is 10.5 Å². The molecular formula is C13H10IN3OS. The highest BCUT2D eigenvalue weighted by Crippen LogP contribution is 2.21. The van der Waals surface area contributed by atoms with Crippen LogP contribution in [-0.4, -0.2) is 14.5 Å². The molecule has 0 N–H and O–H groups in total. The summed E-state index contributed by atoms with van der Waals surface area (Å²) in [6.45, 7) is 2.31. The van der Waals surface area contributed by atoms with Gasteiger partial charge in [0.1, 0.15) is 5.01 Å². The zero-order valence-corrected chi connectivity index (χ0v) is 13.1. The van der Waals surface area contributed by atoms with E-state index in [2.05, 4.69) is 9.97 Å². The molecule has 6 heteroatoms. The average Bonchev–Trinajstić information content (AvgIpc) is 2.82. The van der Waals surface area contributed by atoms with Crippen molar-refractivity contribution in [3.63, 3.8) is 0 Å². The molecule has 0 aliphatic carbocycles. The number of thiazole rings is 1. The lowest BCUT2D eigenvalue weighted by molar-refractivity contribution is 0.721. The number of fused-ring (bicyclic) bond motifs is 1. The van der Waals surface area contributed by atoms with Crippen molar-refractivity contribution in [2.45, 2.75) is 13.5 Å². The van der Waals surface area contributed by atoms with Gasteiger partial charge in [0.15, 0.2) is 0 Å². The number of rotatable bonds is 2. The van der Waals surface area contributed by atoms with Gasteiger partial charge in [-0.2, -0.15) is 0 Å². The summed E-state index contributed by atoms with van der Waals surface area (Å²) in [7, 11) is 0. The number of halogens is 1. The first-order valence-corrected chi connectivity index (χ1v) is 7.60. The normalized spacial score (nSPS) is 11.1. The molecule has 0 radical (unpaired) electrons. The average molecular weight is 383 g/mol. The molecule has 0 amide bonds. The maximum atomic E-state index is 12.1. The van der Waals surface area contributed by atoms with Gasteiger partial charge in [0.2, 0.25) is 0 Å². The minimum atomic E-state index is -0.00708. The van der Waals surface area contributed by atoms with E-state index < -0.39 is 0 Å². The molecule has 3 aromatic rings. The summed E-state index contributed by atoms with van der Waals surface area (Å²) >= 11 is 3.65. The first-order chi connectivity index (χ1) is 9.15. The van der Waals surface area contributed by atoms with Crippen LogP contribution in [0.2, 0.25) is 0 Å². The van der Waals surface area contributed by atoms with Gasteiger partial charge in [0, 0.05) is 0 Å². The van der Waals surface area contributed by atoms with E-state index in [9.17, 15) is 4.79 Å². The fraction of sp³-hybridized carbons (Fsp3) is 0.154. The largest absolute Gasteiger partial charge is 0.291 e. The maximum Gasteiger partial charge on any atom is 0.267 e. The van der Waals surface area contributed by atoms with Crippen LogP contribution >= 0.6 is 33.9 Å². The van der Waals surface area contributed by atoms with Crippen molar-refractivity contribution in [3.05, 3.63) is 55.2 Å². The van der Waals surface area contributed by atoms with Crippen LogP contribution in [0.15, 0.2) is 35.4 Å². The van der Waals surface area contributed by atoms with Crippen LogP contribution in [0.4, 0.5) is 0 Å². The van der Waals surface area contributed by atoms with Crippen molar-refractivity contribution in [2.24, 2.45) is 0 Å². The molecule has 0 atom stereocenters. The van der Waals surface area contributed by atoms with Crippen LogP contribution in [0.25, 0.3) is 10.2 Å². The van der Waals surface area contributed by atoms with Crippen molar-refractivity contribution >= 4 is 44.1 Å². The summed E-state index contributed by atoms with van der Waals surface area (Å²) in [4.78, 5) is 20.9. The zero-order valence-electron chi connectivity index (χ0n) is 10.1. The van der Waals surface area contributed by atoms with E-state index in [1.165, 1.54) is 0 Å². The molecule has 2 heterocycles. The van der Waals surface area contributed by atoms with Gasteiger partial charge in [-0.05, 0) is 41.6 Å². The summed E-state index contributed by atoms with van der Waals surface area (Å²) in [5.41, 5.74) is 1.74. The number of hydrogen-bond donors (Lipinski definition) is 0. The van der Waals surface area contributed by atoms with Gasteiger partial charge in [-0.15, -0.1) is 11.3 Å².